The number of fused-ring (bicyclic) bond motifs is 3. The molecule has 31 heavy (non-hydrogen) atoms. The lowest BCUT2D eigenvalue weighted by molar-refractivity contribution is -0.162. The standard InChI is InChI=1S/C24H30N2O5/c1-15(2)14-19(28)31-24(3,4)23-21(26-12-10-25(5)11-13-26)20-17(29-23)8-6-16-7-9-18(27)30-22(16)20/h6-9,14,21,23H,10-13H2,1-5H3/t21-,23+/m1/s1. The van der Waals surface area contributed by atoms with Crippen molar-refractivity contribution in [2.45, 2.75) is 45.4 Å². The first-order chi connectivity index (χ1) is 14.7. The van der Waals surface area contributed by atoms with Crippen molar-refractivity contribution in [1.29, 1.82) is 0 Å². The third kappa shape index (κ3) is 4.25. The van der Waals surface area contributed by atoms with Crippen molar-refractivity contribution in [3.8, 4) is 5.75 Å². The van der Waals surface area contributed by atoms with Crippen molar-refractivity contribution < 1.29 is 18.7 Å². The molecule has 7 nitrogen and oxygen atoms in total. The third-order valence-electron chi connectivity index (χ3n) is 6.01. The zero-order chi connectivity index (χ0) is 22.3. The van der Waals surface area contributed by atoms with Crippen LogP contribution in [0.5, 0.6) is 5.75 Å². The summed E-state index contributed by atoms with van der Waals surface area (Å²) in [5, 5.41) is 0.848. The van der Waals surface area contributed by atoms with Gasteiger partial charge in [-0.3, -0.25) is 4.90 Å². The second kappa shape index (κ2) is 8.13. The summed E-state index contributed by atoms with van der Waals surface area (Å²) >= 11 is 0. The van der Waals surface area contributed by atoms with Crippen LogP contribution >= 0.6 is 0 Å². The number of ether oxygens (including phenoxy) is 2. The molecule has 0 radical (unpaired) electrons. The largest absolute Gasteiger partial charge is 0.484 e. The predicted octanol–water partition coefficient (Wildman–Crippen LogP) is 3.13. The molecule has 0 amide bonds. The van der Waals surface area contributed by atoms with E-state index in [4.69, 9.17) is 13.9 Å². The monoisotopic (exact) mass is 426 g/mol. The minimum Gasteiger partial charge on any atom is -0.484 e. The molecule has 3 heterocycles. The SMILES string of the molecule is CC(C)=CC(=O)OC(C)(C)[C@H]1Oc2ccc3ccc(=O)oc3c2[C@H]1N1CCN(C)CC1. The number of hydrogen-bond donors (Lipinski definition) is 0. The maximum Gasteiger partial charge on any atom is 0.336 e. The molecule has 1 aromatic carbocycles. The quantitative estimate of drug-likeness (QED) is 0.423. The zero-order valence-corrected chi connectivity index (χ0v) is 18.8. The lowest BCUT2D eigenvalue weighted by Crippen LogP contribution is -2.54. The summed E-state index contributed by atoms with van der Waals surface area (Å²) in [5.74, 6) is 0.278. The van der Waals surface area contributed by atoms with Gasteiger partial charge < -0.3 is 18.8 Å². The van der Waals surface area contributed by atoms with Crippen molar-refractivity contribution in [3.05, 3.63) is 51.9 Å². The Morgan fingerprint density at radius 1 is 1.13 bits per heavy atom. The number of likely N-dealkylation sites (N-methyl/N-ethyl adjacent to an activating group) is 1. The van der Waals surface area contributed by atoms with Gasteiger partial charge in [-0.05, 0) is 52.9 Å². The van der Waals surface area contributed by atoms with Crippen molar-refractivity contribution in [2.75, 3.05) is 33.2 Å². The number of allylic oxidation sites excluding steroid dienone is 1. The molecule has 4 rings (SSSR count). The fraction of sp³-hybridized carbons (Fsp3) is 0.500. The molecule has 2 aliphatic rings. The molecule has 0 N–H and O–H groups in total. The Kier molecular flexibility index (Phi) is 5.66. The lowest BCUT2D eigenvalue weighted by atomic mass is 9.89. The first-order valence-corrected chi connectivity index (χ1v) is 10.7. The maximum absolute atomic E-state index is 12.4. The van der Waals surface area contributed by atoms with Gasteiger partial charge in [0.25, 0.3) is 0 Å². The number of hydrogen-bond acceptors (Lipinski definition) is 7. The summed E-state index contributed by atoms with van der Waals surface area (Å²) in [5.41, 5.74) is 0.978. The third-order valence-corrected chi connectivity index (χ3v) is 6.01. The van der Waals surface area contributed by atoms with Crippen LogP contribution in [0.2, 0.25) is 0 Å². The summed E-state index contributed by atoms with van der Waals surface area (Å²) in [6, 6.07) is 6.80. The maximum atomic E-state index is 12.4. The molecule has 0 saturated carbocycles. The highest BCUT2D eigenvalue weighted by Crippen LogP contribution is 2.48. The summed E-state index contributed by atoms with van der Waals surface area (Å²) in [7, 11) is 2.10. The molecule has 0 bridgehead atoms. The first-order valence-electron chi connectivity index (χ1n) is 10.7. The van der Waals surface area contributed by atoms with Gasteiger partial charge in [0.2, 0.25) is 0 Å². The molecular weight excluding hydrogens is 396 g/mol. The molecule has 1 fully saturated rings. The van der Waals surface area contributed by atoms with Crippen LogP contribution in [-0.2, 0) is 9.53 Å². The van der Waals surface area contributed by atoms with Crippen molar-refractivity contribution in [1.82, 2.24) is 9.80 Å². The molecule has 166 valence electrons. The molecule has 1 saturated heterocycles. The fourth-order valence-electron chi connectivity index (χ4n) is 4.45. The number of piperazine rings is 1. The Morgan fingerprint density at radius 2 is 1.81 bits per heavy atom. The molecule has 2 aliphatic heterocycles. The number of carbonyl (C=O) groups excluding carboxylic acids is 1. The Bertz CT molecular complexity index is 1080. The Balaban J connectivity index is 1.79. The first kappa shape index (κ1) is 21.6. The van der Waals surface area contributed by atoms with E-state index in [0.29, 0.717) is 11.3 Å². The van der Waals surface area contributed by atoms with E-state index in [9.17, 15) is 9.59 Å². The normalized spacial score (nSPS) is 22.1. The van der Waals surface area contributed by atoms with E-state index < -0.39 is 23.3 Å². The number of esters is 1. The lowest BCUT2D eigenvalue weighted by Gasteiger charge is -2.42. The molecule has 0 spiro atoms. The van der Waals surface area contributed by atoms with Gasteiger partial charge in [-0.25, -0.2) is 9.59 Å². The predicted molar refractivity (Wildman–Crippen MR) is 118 cm³/mol. The number of rotatable bonds is 4. The van der Waals surface area contributed by atoms with E-state index in [1.807, 2.05) is 39.8 Å². The number of benzene rings is 1. The summed E-state index contributed by atoms with van der Waals surface area (Å²) < 4.78 is 17.9. The van der Waals surface area contributed by atoms with Crippen LogP contribution in [0.3, 0.4) is 0 Å². The summed E-state index contributed by atoms with van der Waals surface area (Å²) in [6.07, 6.45) is 1.04. The van der Waals surface area contributed by atoms with Gasteiger partial charge in [0.15, 0.2) is 6.10 Å². The van der Waals surface area contributed by atoms with Crippen LogP contribution in [0.15, 0.2) is 45.1 Å². The van der Waals surface area contributed by atoms with Crippen LogP contribution in [0.25, 0.3) is 11.0 Å². The van der Waals surface area contributed by atoms with E-state index in [-0.39, 0.29) is 6.04 Å². The van der Waals surface area contributed by atoms with Crippen molar-refractivity contribution >= 4 is 16.9 Å². The van der Waals surface area contributed by atoms with Gasteiger partial charge in [-0.2, -0.15) is 0 Å². The van der Waals surface area contributed by atoms with Gasteiger partial charge >= 0.3 is 11.6 Å². The van der Waals surface area contributed by atoms with Crippen molar-refractivity contribution in [2.24, 2.45) is 0 Å². The average molecular weight is 427 g/mol. The fourth-order valence-corrected chi connectivity index (χ4v) is 4.45. The van der Waals surface area contributed by atoms with Crippen LogP contribution in [0.4, 0.5) is 0 Å². The van der Waals surface area contributed by atoms with Gasteiger partial charge in [0.05, 0.1) is 11.6 Å². The average Bonchev–Trinajstić information content (AvgIpc) is 3.08. The van der Waals surface area contributed by atoms with Gasteiger partial charge in [0, 0.05) is 43.7 Å². The van der Waals surface area contributed by atoms with E-state index in [1.165, 1.54) is 12.1 Å². The topological polar surface area (TPSA) is 72.2 Å². The number of nitrogens with zero attached hydrogens (tertiary/aromatic N) is 2. The highest BCUT2D eigenvalue weighted by atomic mass is 16.6. The van der Waals surface area contributed by atoms with Crippen LogP contribution < -0.4 is 10.4 Å². The molecule has 1 aromatic heterocycles. The Morgan fingerprint density at radius 3 is 2.48 bits per heavy atom. The van der Waals surface area contributed by atoms with E-state index in [0.717, 1.165) is 42.7 Å². The van der Waals surface area contributed by atoms with Crippen LogP contribution in [0.1, 0.15) is 39.3 Å². The molecule has 2 aromatic rings. The molecule has 0 unspecified atom stereocenters. The van der Waals surface area contributed by atoms with Crippen LogP contribution in [0, 0.1) is 0 Å². The smallest absolute Gasteiger partial charge is 0.336 e. The second-order valence-electron chi connectivity index (χ2n) is 9.22. The minimum atomic E-state index is -0.905. The molecule has 2 atom stereocenters. The highest BCUT2D eigenvalue weighted by molar-refractivity contribution is 5.84. The molecule has 7 heteroatoms. The van der Waals surface area contributed by atoms with E-state index >= 15 is 0 Å². The molecular formula is C24H30N2O5. The molecule has 0 aliphatic carbocycles. The Hall–Kier alpha value is -2.64. The second-order valence-corrected chi connectivity index (χ2v) is 9.22. The number of carbonyl (C=O) groups is 1. The van der Waals surface area contributed by atoms with Crippen molar-refractivity contribution in [3.63, 3.8) is 0 Å². The van der Waals surface area contributed by atoms with Gasteiger partial charge in [0.1, 0.15) is 16.9 Å². The highest BCUT2D eigenvalue weighted by Gasteiger charge is 2.50. The van der Waals surface area contributed by atoms with E-state index in [1.54, 1.807) is 6.07 Å². The Labute approximate surface area is 182 Å². The van der Waals surface area contributed by atoms with Gasteiger partial charge in [-0.15, -0.1) is 0 Å². The van der Waals surface area contributed by atoms with E-state index in [2.05, 4.69) is 16.8 Å². The minimum absolute atomic E-state index is 0.201. The van der Waals surface area contributed by atoms with Gasteiger partial charge in [-0.1, -0.05) is 5.57 Å². The van der Waals surface area contributed by atoms with Crippen LogP contribution in [-0.4, -0.2) is 60.7 Å². The zero-order valence-electron chi connectivity index (χ0n) is 18.8. The summed E-state index contributed by atoms with van der Waals surface area (Å²) in [6.45, 7) is 11.0. The summed E-state index contributed by atoms with van der Waals surface area (Å²) in [4.78, 5) is 29.1.